The fourth-order valence-corrected chi connectivity index (χ4v) is 1.98. The second-order valence-corrected chi connectivity index (χ2v) is 5.33. The van der Waals surface area contributed by atoms with Crippen molar-refractivity contribution in [1.29, 1.82) is 0 Å². The Morgan fingerprint density at radius 3 is 2.32 bits per heavy atom. The van der Waals surface area contributed by atoms with Gasteiger partial charge in [-0.25, -0.2) is 4.39 Å². The van der Waals surface area contributed by atoms with Gasteiger partial charge in [0.15, 0.2) is 0 Å². The summed E-state index contributed by atoms with van der Waals surface area (Å²) in [7, 11) is 0. The van der Waals surface area contributed by atoms with E-state index in [0.29, 0.717) is 0 Å². The van der Waals surface area contributed by atoms with E-state index in [2.05, 4.69) is 19.2 Å². The van der Waals surface area contributed by atoms with Crippen molar-refractivity contribution in [2.75, 3.05) is 17.6 Å². The van der Waals surface area contributed by atoms with Crippen molar-refractivity contribution in [2.24, 2.45) is 0 Å². The normalized spacial score (nSPS) is 11.3. The molecule has 3 N–H and O–H groups in total. The van der Waals surface area contributed by atoms with E-state index in [1.165, 1.54) is 12.1 Å². The number of halogens is 1. The van der Waals surface area contributed by atoms with E-state index in [0.717, 1.165) is 23.5 Å². The Bertz CT molecular complexity index is 547. The molecule has 0 aromatic heterocycles. The van der Waals surface area contributed by atoms with E-state index in [4.69, 9.17) is 5.73 Å². The van der Waals surface area contributed by atoms with E-state index < -0.39 is 0 Å². The zero-order valence-corrected chi connectivity index (χ0v) is 11.3. The molecule has 0 bridgehead atoms. The van der Waals surface area contributed by atoms with Gasteiger partial charge in [0.05, 0.1) is 11.4 Å². The summed E-state index contributed by atoms with van der Waals surface area (Å²) in [4.78, 5) is 0. The van der Waals surface area contributed by atoms with Gasteiger partial charge in [-0.15, -0.1) is 0 Å². The van der Waals surface area contributed by atoms with Crippen LogP contribution in [0.2, 0.25) is 0 Å². The van der Waals surface area contributed by atoms with Crippen molar-refractivity contribution in [3.05, 3.63) is 59.9 Å². The zero-order chi connectivity index (χ0) is 13.9. The van der Waals surface area contributed by atoms with Gasteiger partial charge < -0.3 is 11.1 Å². The lowest BCUT2D eigenvalue weighted by Crippen LogP contribution is -2.27. The zero-order valence-electron chi connectivity index (χ0n) is 11.3. The largest absolute Gasteiger partial charge is 0.397 e. The number of hydrogen-bond acceptors (Lipinski definition) is 2. The van der Waals surface area contributed by atoms with Gasteiger partial charge >= 0.3 is 0 Å². The first-order valence-corrected chi connectivity index (χ1v) is 6.33. The summed E-state index contributed by atoms with van der Waals surface area (Å²) in [5, 5.41) is 3.35. The summed E-state index contributed by atoms with van der Waals surface area (Å²) in [5.74, 6) is -0.209. The molecule has 0 aliphatic rings. The summed E-state index contributed by atoms with van der Waals surface area (Å²) in [5.41, 5.74) is 8.55. The molecular weight excluding hydrogens is 239 g/mol. The van der Waals surface area contributed by atoms with Crippen molar-refractivity contribution < 1.29 is 4.39 Å². The lowest BCUT2D eigenvalue weighted by molar-refractivity contribution is 0.553. The van der Waals surface area contributed by atoms with Crippen LogP contribution in [-0.2, 0) is 5.41 Å². The maximum atomic E-state index is 12.9. The Balaban J connectivity index is 2.09. The SMILES string of the molecule is CC(C)(CNc1ccccc1N)c1ccc(F)cc1. The molecule has 100 valence electrons. The number of rotatable bonds is 4. The molecule has 0 radical (unpaired) electrons. The molecule has 0 aliphatic heterocycles. The molecule has 0 atom stereocenters. The first kappa shape index (κ1) is 13.4. The van der Waals surface area contributed by atoms with Crippen LogP contribution < -0.4 is 11.1 Å². The van der Waals surface area contributed by atoms with Crippen molar-refractivity contribution in [3.8, 4) is 0 Å². The van der Waals surface area contributed by atoms with Gasteiger partial charge in [-0.3, -0.25) is 0 Å². The third-order valence-electron chi connectivity index (χ3n) is 3.31. The van der Waals surface area contributed by atoms with E-state index >= 15 is 0 Å². The molecule has 0 aliphatic carbocycles. The topological polar surface area (TPSA) is 38.0 Å². The van der Waals surface area contributed by atoms with Crippen LogP contribution in [0.5, 0.6) is 0 Å². The van der Waals surface area contributed by atoms with E-state index in [1.54, 1.807) is 0 Å². The summed E-state index contributed by atoms with van der Waals surface area (Å²) in [6.45, 7) is 4.96. The van der Waals surface area contributed by atoms with Crippen LogP contribution >= 0.6 is 0 Å². The second-order valence-electron chi connectivity index (χ2n) is 5.33. The Hall–Kier alpha value is -2.03. The number of nitrogen functional groups attached to an aromatic ring is 1. The van der Waals surface area contributed by atoms with Gasteiger partial charge in [0, 0.05) is 12.0 Å². The summed E-state index contributed by atoms with van der Waals surface area (Å²) in [6.07, 6.45) is 0. The van der Waals surface area contributed by atoms with Gasteiger partial charge in [-0.05, 0) is 29.8 Å². The highest BCUT2D eigenvalue weighted by molar-refractivity contribution is 5.65. The first-order valence-electron chi connectivity index (χ1n) is 6.33. The standard InChI is InChI=1S/C16H19FN2/c1-16(2,12-7-9-13(17)10-8-12)11-19-15-6-4-3-5-14(15)18/h3-10,19H,11,18H2,1-2H3. The van der Waals surface area contributed by atoms with E-state index in [9.17, 15) is 4.39 Å². The van der Waals surface area contributed by atoms with Crippen LogP contribution in [0, 0.1) is 5.82 Å². The number of nitrogens with one attached hydrogen (secondary N) is 1. The molecule has 2 nitrogen and oxygen atoms in total. The Morgan fingerprint density at radius 1 is 1.05 bits per heavy atom. The monoisotopic (exact) mass is 258 g/mol. The smallest absolute Gasteiger partial charge is 0.123 e. The van der Waals surface area contributed by atoms with Crippen molar-refractivity contribution in [1.82, 2.24) is 0 Å². The maximum absolute atomic E-state index is 12.9. The lowest BCUT2D eigenvalue weighted by atomic mass is 9.84. The predicted molar refractivity (Wildman–Crippen MR) is 78.8 cm³/mol. The summed E-state index contributed by atoms with van der Waals surface area (Å²) >= 11 is 0. The first-order chi connectivity index (χ1) is 8.99. The third kappa shape index (κ3) is 3.25. The fraction of sp³-hybridized carbons (Fsp3) is 0.250. The number of benzene rings is 2. The van der Waals surface area contributed by atoms with Gasteiger partial charge in [-0.2, -0.15) is 0 Å². The number of hydrogen-bond donors (Lipinski definition) is 2. The van der Waals surface area contributed by atoms with E-state index in [1.807, 2.05) is 36.4 Å². The predicted octanol–water partition coefficient (Wildman–Crippen LogP) is 3.80. The molecule has 3 heteroatoms. The minimum absolute atomic E-state index is 0.101. The van der Waals surface area contributed by atoms with Crippen LogP contribution in [0.25, 0.3) is 0 Å². The van der Waals surface area contributed by atoms with Gasteiger partial charge in [0.2, 0.25) is 0 Å². The molecular formula is C16H19FN2. The van der Waals surface area contributed by atoms with Crippen LogP contribution in [0.1, 0.15) is 19.4 Å². The minimum atomic E-state index is -0.209. The maximum Gasteiger partial charge on any atom is 0.123 e. The van der Waals surface area contributed by atoms with Gasteiger partial charge in [0.1, 0.15) is 5.82 Å². The molecule has 19 heavy (non-hydrogen) atoms. The lowest BCUT2D eigenvalue weighted by Gasteiger charge is -2.26. The quantitative estimate of drug-likeness (QED) is 0.819. The number of anilines is 2. The van der Waals surface area contributed by atoms with Crippen molar-refractivity contribution in [3.63, 3.8) is 0 Å². The summed E-state index contributed by atoms with van der Waals surface area (Å²) in [6, 6.07) is 14.3. The Labute approximate surface area is 113 Å². The molecule has 0 spiro atoms. The molecule has 0 saturated carbocycles. The number of para-hydroxylation sites is 2. The Morgan fingerprint density at radius 2 is 1.68 bits per heavy atom. The third-order valence-corrected chi connectivity index (χ3v) is 3.31. The fourth-order valence-electron chi connectivity index (χ4n) is 1.98. The molecule has 2 aromatic rings. The molecule has 2 rings (SSSR count). The van der Waals surface area contributed by atoms with Crippen LogP contribution in [0.4, 0.5) is 15.8 Å². The molecule has 0 amide bonds. The van der Waals surface area contributed by atoms with Gasteiger partial charge in [0.25, 0.3) is 0 Å². The van der Waals surface area contributed by atoms with Crippen LogP contribution in [-0.4, -0.2) is 6.54 Å². The summed E-state index contributed by atoms with van der Waals surface area (Å²) < 4.78 is 12.9. The average Bonchev–Trinajstić information content (AvgIpc) is 2.38. The molecule has 0 saturated heterocycles. The second kappa shape index (κ2) is 5.31. The highest BCUT2D eigenvalue weighted by Gasteiger charge is 2.20. The molecule has 0 heterocycles. The highest BCUT2D eigenvalue weighted by atomic mass is 19.1. The van der Waals surface area contributed by atoms with Gasteiger partial charge in [-0.1, -0.05) is 38.1 Å². The molecule has 0 unspecified atom stereocenters. The van der Waals surface area contributed by atoms with Crippen molar-refractivity contribution in [2.45, 2.75) is 19.3 Å². The minimum Gasteiger partial charge on any atom is -0.397 e. The molecule has 0 fully saturated rings. The van der Waals surface area contributed by atoms with Crippen molar-refractivity contribution >= 4 is 11.4 Å². The van der Waals surface area contributed by atoms with E-state index in [-0.39, 0.29) is 11.2 Å². The Kier molecular flexibility index (Phi) is 3.74. The highest BCUT2D eigenvalue weighted by Crippen LogP contribution is 2.25. The van der Waals surface area contributed by atoms with Crippen LogP contribution in [0.3, 0.4) is 0 Å². The van der Waals surface area contributed by atoms with Crippen LogP contribution in [0.15, 0.2) is 48.5 Å². The number of nitrogens with two attached hydrogens (primary N) is 1. The molecule has 2 aromatic carbocycles. The average molecular weight is 258 g/mol.